The first kappa shape index (κ1) is 22.2. The van der Waals surface area contributed by atoms with E-state index in [-0.39, 0.29) is 35.3 Å². The van der Waals surface area contributed by atoms with Crippen LogP contribution in [-0.2, 0) is 11.3 Å². The van der Waals surface area contributed by atoms with Gasteiger partial charge in [-0.3, -0.25) is 9.79 Å². The Kier molecular flexibility index (Phi) is 9.20. The van der Waals surface area contributed by atoms with Gasteiger partial charge in [-0.25, -0.2) is 0 Å². The Morgan fingerprint density at radius 2 is 1.80 bits per heavy atom. The summed E-state index contributed by atoms with van der Waals surface area (Å²) in [4.78, 5) is 18.6. The molecule has 0 spiro atoms. The summed E-state index contributed by atoms with van der Waals surface area (Å²) < 4.78 is 1.07. The van der Waals surface area contributed by atoms with Crippen LogP contribution < -0.4 is 10.6 Å². The molecule has 0 atom stereocenters. The molecule has 0 bridgehead atoms. The lowest BCUT2D eigenvalue weighted by atomic mass is 9.84. The van der Waals surface area contributed by atoms with Gasteiger partial charge in [0.05, 0.1) is 5.41 Å². The number of nitrogens with zero attached hydrogens (tertiary/aromatic N) is 2. The smallest absolute Gasteiger partial charge is 0.230 e. The zero-order valence-electron chi connectivity index (χ0n) is 15.1. The SMILES string of the molecule is CN=C(NCc1ccc(Br)cc1)NCC1(C(=O)N(C)C)CCCC1.I. The van der Waals surface area contributed by atoms with Crippen LogP contribution in [0.1, 0.15) is 31.2 Å². The van der Waals surface area contributed by atoms with E-state index in [0.29, 0.717) is 13.1 Å². The van der Waals surface area contributed by atoms with Gasteiger partial charge in [0.1, 0.15) is 0 Å². The number of hydrogen-bond donors (Lipinski definition) is 2. The van der Waals surface area contributed by atoms with Crippen molar-refractivity contribution in [1.82, 2.24) is 15.5 Å². The predicted molar refractivity (Wildman–Crippen MR) is 117 cm³/mol. The molecule has 1 aromatic carbocycles. The van der Waals surface area contributed by atoms with Crippen LogP contribution in [0.25, 0.3) is 0 Å². The third-order valence-corrected chi connectivity index (χ3v) is 5.14. The Labute approximate surface area is 176 Å². The van der Waals surface area contributed by atoms with E-state index in [9.17, 15) is 4.79 Å². The van der Waals surface area contributed by atoms with E-state index in [1.165, 1.54) is 5.56 Å². The second kappa shape index (κ2) is 10.4. The zero-order valence-corrected chi connectivity index (χ0v) is 19.1. The van der Waals surface area contributed by atoms with Gasteiger partial charge in [-0.1, -0.05) is 40.9 Å². The largest absolute Gasteiger partial charge is 0.355 e. The molecule has 1 amide bonds. The fourth-order valence-corrected chi connectivity index (χ4v) is 3.52. The standard InChI is InChI=1S/C18H27BrN4O.HI/c1-20-17(21-12-14-6-8-15(19)9-7-14)22-13-18(10-4-5-11-18)16(24)23(2)3;/h6-9H,4-5,10-13H2,1-3H3,(H2,20,21,22);1H. The average Bonchev–Trinajstić information content (AvgIpc) is 3.06. The Morgan fingerprint density at radius 1 is 1.20 bits per heavy atom. The van der Waals surface area contributed by atoms with E-state index in [1.807, 2.05) is 26.2 Å². The molecule has 25 heavy (non-hydrogen) atoms. The molecule has 7 heteroatoms. The summed E-state index contributed by atoms with van der Waals surface area (Å²) in [6.45, 7) is 1.33. The zero-order chi connectivity index (χ0) is 17.6. The van der Waals surface area contributed by atoms with Crippen LogP contribution in [0.3, 0.4) is 0 Å². The lowest BCUT2D eigenvalue weighted by Gasteiger charge is -2.31. The number of rotatable bonds is 5. The Morgan fingerprint density at radius 3 is 2.32 bits per heavy atom. The first-order valence-electron chi connectivity index (χ1n) is 8.37. The summed E-state index contributed by atoms with van der Waals surface area (Å²) in [5.74, 6) is 0.951. The van der Waals surface area contributed by atoms with Crippen LogP contribution in [-0.4, -0.2) is 44.5 Å². The van der Waals surface area contributed by atoms with Crippen molar-refractivity contribution < 1.29 is 4.79 Å². The van der Waals surface area contributed by atoms with Crippen molar-refractivity contribution in [3.63, 3.8) is 0 Å². The molecular formula is C18H28BrIN4O. The summed E-state index contributed by atoms with van der Waals surface area (Å²) in [6.07, 6.45) is 4.12. The van der Waals surface area contributed by atoms with Gasteiger partial charge in [-0.2, -0.15) is 0 Å². The van der Waals surface area contributed by atoms with Crippen molar-refractivity contribution in [2.45, 2.75) is 32.2 Å². The molecule has 1 aromatic rings. The number of hydrogen-bond acceptors (Lipinski definition) is 2. The lowest BCUT2D eigenvalue weighted by molar-refractivity contribution is -0.138. The van der Waals surface area contributed by atoms with Crippen molar-refractivity contribution in [2.24, 2.45) is 10.4 Å². The van der Waals surface area contributed by atoms with E-state index in [0.717, 1.165) is 36.1 Å². The van der Waals surface area contributed by atoms with Crippen molar-refractivity contribution in [3.8, 4) is 0 Å². The number of benzene rings is 1. The van der Waals surface area contributed by atoms with Crippen molar-refractivity contribution in [2.75, 3.05) is 27.7 Å². The summed E-state index contributed by atoms with van der Waals surface area (Å²) in [5, 5.41) is 6.66. The van der Waals surface area contributed by atoms with E-state index < -0.39 is 0 Å². The molecule has 1 aliphatic rings. The van der Waals surface area contributed by atoms with E-state index in [2.05, 4.69) is 43.7 Å². The van der Waals surface area contributed by atoms with Gasteiger partial charge in [0.25, 0.3) is 0 Å². The number of aliphatic imine (C=N–C) groups is 1. The molecule has 0 unspecified atom stereocenters. The fraction of sp³-hybridized carbons (Fsp3) is 0.556. The molecule has 5 nitrogen and oxygen atoms in total. The van der Waals surface area contributed by atoms with Gasteiger partial charge in [0.2, 0.25) is 5.91 Å². The van der Waals surface area contributed by atoms with Crippen LogP contribution in [0.4, 0.5) is 0 Å². The molecule has 1 aliphatic carbocycles. The minimum absolute atomic E-state index is 0. The quantitative estimate of drug-likeness (QED) is 0.354. The van der Waals surface area contributed by atoms with Gasteiger partial charge in [-0.15, -0.1) is 24.0 Å². The molecule has 140 valence electrons. The second-order valence-corrected chi connectivity index (χ2v) is 7.51. The highest BCUT2D eigenvalue weighted by Gasteiger charge is 2.42. The van der Waals surface area contributed by atoms with Gasteiger partial charge >= 0.3 is 0 Å². The van der Waals surface area contributed by atoms with E-state index in [1.54, 1.807) is 11.9 Å². The summed E-state index contributed by atoms with van der Waals surface area (Å²) in [5.41, 5.74) is 0.889. The topological polar surface area (TPSA) is 56.7 Å². The predicted octanol–water partition coefficient (Wildman–Crippen LogP) is 3.38. The fourth-order valence-electron chi connectivity index (χ4n) is 3.25. The summed E-state index contributed by atoms with van der Waals surface area (Å²) >= 11 is 3.44. The number of carbonyl (C=O) groups excluding carboxylic acids is 1. The number of halogens is 2. The van der Waals surface area contributed by atoms with Gasteiger partial charge in [-0.05, 0) is 30.5 Å². The lowest BCUT2D eigenvalue weighted by Crippen LogP contribution is -2.49. The highest BCUT2D eigenvalue weighted by Crippen LogP contribution is 2.38. The molecule has 0 saturated heterocycles. The van der Waals surface area contributed by atoms with Crippen molar-refractivity contribution in [3.05, 3.63) is 34.3 Å². The van der Waals surface area contributed by atoms with Gasteiger partial charge in [0, 0.05) is 38.7 Å². The Bertz CT molecular complexity index is 583. The highest BCUT2D eigenvalue weighted by molar-refractivity contribution is 14.0. The van der Waals surface area contributed by atoms with Crippen LogP contribution >= 0.6 is 39.9 Å². The molecule has 0 heterocycles. The first-order valence-corrected chi connectivity index (χ1v) is 9.17. The number of guanidine groups is 1. The first-order chi connectivity index (χ1) is 11.5. The molecule has 0 radical (unpaired) electrons. The molecule has 0 aliphatic heterocycles. The molecule has 2 N–H and O–H groups in total. The maximum Gasteiger partial charge on any atom is 0.230 e. The maximum atomic E-state index is 12.6. The summed E-state index contributed by atoms with van der Waals surface area (Å²) in [6, 6.07) is 8.18. The molecular weight excluding hydrogens is 495 g/mol. The minimum Gasteiger partial charge on any atom is -0.355 e. The van der Waals surface area contributed by atoms with E-state index >= 15 is 0 Å². The third kappa shape index (κ3) is 6.13. The second-order valence-electron chi connectivity index (χ2n) is 6.59. The highest BCUT2D eigenvalue weighted by atomic mass is 127. The monoisotopic (exact) mass is 522 g/mol. The molecule has 2 rings (SSSR count). The Balaban J connectivity index is 0.00000312. The molecule has 1 fully saturated rings. The minimum atomic E-state index is -0.293. The van der Waals surface area contributed by atoms with E-state index in [4.69, 9.17) is 0 Å². The normalized spacial score (nSPS) is 16.1. The third-order valence-electron chi connectivity index (χ3n) is 4.61. The number of carbonyl (C=O) groups is 1. The summed E-state index contributed by atoms with van der Waals surface area (Å²) in [7, 11) is 5.43. The Hall–Kier alpha value is -0.830. The van der Waals surface area contributed by atoms with Crippen LogP contribution in [0.2, 0.25) is 0 Å². The average molecular weight is 523 g/mol. The van der Waals surface area contributed by atoms with Crippen LogP contribution in [0.5, 0.6) is 0 Å². The maximum absolute atomic E-state index is 12.6. The van der Waals surface area contributed by atoms with Gasteiger partial charge < -0.3 is 15.5 Å². The van der Waals surface area contributed by atoms with Gasteiger partial charge in [0.15, 0.2) is 5.96 Å². The van der Waals surface area contributed by atoms with Crippen molar-refractivity contribution in [1.29, 1.82) is 0 Å². The van der Waals surface area contributed by atoms with Crippen LogP contribution in [0, 0.1) is 5.41 Å². The van der Waals surface area contributed by atoms with Crippen LogP contribution in [0.15, 0.2) is 33.7 Å². The van der Waals surface area contributed by atoms with Crippen molar-refractivity contribution >= 4 is 51.8 Å². The number of amides is 1. The molecule has 1 saturated carbocycles. The molecule has 0 aromatic heterocycles. The number of nitrogens with one attached hydrogen (secondary N) is 2.